The lowest BCUT2D eigenvalue weighted by Gasteiger charge is -2.17. The number of carbonyl (C=O) groups excluding carboxylic acids is 1. The van der Waals surface area contributed by atoms with Gasteiger partial charge in [0.1, 0.15) is 6.29 Å². The van der Waals surface area contributed by atoms with Crippen molar-refractivity contribution in [3.05, 3.63) is 76.3 Å². The molecule has 0 fully saturated rings. The number of aryl methyl sites for hydroxylation is 1. The van der Waals surface area contributed by atoms with Crippen molar-refractivity contribution < 1.29 is 4.79 Å². The Labute approximate surface area is 150 Å². The van der Waals surface area contributed by atoms with E-state index in [0.29, 0.717) is 11.1 Å². The molecule has 0 saturated heterocycles. The third-order valence-corrected chi connectivity index (χ3v) is 4.85. The van der Waals surface area contributed by atoms with Gasteiger partial charge in [-0.1, -0.05) is 42.0 Å². The highest BCUT2D eigenvalue weighted by atomic mass is 16.1. The fourth-order valence-corrected chi connectivity index (χ4v) is 3.60. The van der Waals surface area contributed by atoms with Gasteiger partial charge in [0.15, 0.2) is 0 Å². The van der Waals surface area contributed by atoms with Crippen molar-refractivity contribution in [2.75, 3.05) is 0 Å². The van der Waals surface area contributed by atoms with Crippen LogP contribution in [0.1, 0.15) is 11.3 Å². The Morgan fingerprint density at radius 2 is 1.88 bits per heavy atom. The fourth-order valence-electron chi connectivity index (χ4n) is 3.60. The molecule has 0 saturated carbocycles. The topological polar surface area (TPSA) is 52.0 Å². The van der Waals surface area contributed by atoms with Crippen LogP contribution in [0.25, 0.3) is 32.8 Å². The van der Waals surface area contributed by atoms with Crippen LogP contribution in [-0.2, 0) is 18.3 Å². The molecule has 4 aromatic rings. The first-order valence-electron chi connectivity index (χ1n) is 8.52. The van der Waals surface area contributed by atoms with Gasteiger partial charge in [-0.2, -0.15) is 0 Å². The highest BCUT2D eigenvalue weighted by Gasteiger charge is 2.18. The molecule has 0 unspecified atom stereocenters. The van der Waals surface area contributed by atoms with Gasteiger partial charge < -0.3 is 9.36 Å². The van der Waals surface area contributed by atoms with E-state index in [1.165, 1.54) is 0 Å². The molecular weight excluding hydrogens is 324 g/mol. The summed E-state index contributed by atoms with van der Waals surface area (Å²) >= 11 is 0. The molecule has 4 rings (SSSR count). The van der Waals surface area contributed by atoms with Crippen molar-refractivity contribution in [1.29, 1.82) is 0 Å². The number of nitrogens with zero attached hydrogens (tertiary/aromatic N) is 2. The standard InChI is InChI=1S/C22H18N2O2/c1-14-8-9-16-18(13-14)22(26)24(2)19(10-12-25)20(16)17-7-3-5-15-6-4-11-23-21(15)17/h3-9,11-13H,10H2,1-2H3. The van der Waals surface area contributed by atoms with Crippen LogP contribution >= 0.6 is 0 Å². The minimum Gasteiger partial charge on any atom is -0.314 e. The first kappa shape index (κ1) is 16.2. The number of aromatic nitrogens is 2. The lowest BCUT2D eigenvalue weighted by atomic mass is 9.93. The van der Waals surface area contributed by atoms with Crippen molar-refractivity contribution in [1.82, 2.24) is 9.55 Å². The van der Waals surface area contributed by atoms with Gasteiger partial charge in [0.05, 0.1) is 5.52 Å². The summed E-state index contributed by atoms with van der Waals surface area (Å²) in [6.45, 7) is 1.97. The van der Waals surface area contributed by atoms with E-state index in [0.717, 1.165) is 39.3 Å². The van der Waals surface area contributed by atoms with Crippen LogP contribution in [0, 0.1) is 6.92 Å². The van der Waals surface area contributed by atoms with Crippen LogP contribution < -0.4 is 5.56 Å². The predicted octanol–water partition coefficient (Wildman–Crippen LogP) is 3.80. The Kier molecular flexibility index (Phi) is 3.88. The molecule has 0 spiro atoms. The summed E-state index contributed by atoms with van der Waals surface area (Å²) in [6.07, 6.45) is 2.78. The highest BCUT2D eigenvalue weighted by Crippen LogP contribution is 2.34. The molecule has 0 aliphatic carbocycles. The Balaban J connectivity index is 2.24. The van der Waals surface area contributed by atoms with Crippen LogP contribution in [0.15, 0.2) is 59.5 Å². The van der Waals surface area contributed by atoms with Crippen molar-refractivity contribution in [2.45, 2.75) is 13.3 Å². The average Bonchev–Trinajstić information content (AvgIpc) is 2.66. The smallest absolute Gasteiger partial charge is 0.258 e. The summed E-state index contributed by atoms with van der Waals surface area (Å²) in [5.74, 6) is 0. The Morgan fingerprint density at radius 1 is 1.08 bits per heavy atom. The molecule has 128 valence electrons. The zero-order valence-corrected chi connectivity index (χ0v) is 14.7. The second-order valence-electron chi connectivity index (χ2n) is 6.49. The monoisotopic (exact) mass is 342 g/mol. The number of fused-ring (bicyclic) bond motifs is 2. The van der Waals surface area contributed by atoms with Crippen LogP contribution in [0.5, 0.6) is 0 Å². The van der Waals surface area contributed by atoms with Gasteiger partial charge in [0, 0.05) is 47.3 Å². The minimum absolute atomic E-state index is 0.0857. The average molecular weight is 342 g/mol. The second-order valence-corrected chi connectivity index (χ2v) is 6.49. The molecule has 0 amide bonds. The van der Waals surface area contributed by atoms with Crippen LogP contribution in [0.2, 0.25) is 0 Å². The molecule has 0 radical (unpaired) electrons. The Morgan fingerprint density at radius 3 is 2.69 bits per heavy atom. The number of para-hydroxylation sites is 1. The van der Waals surface area contributed by atoms with Crippen molar-refractivity contribution >= 4 is 28.0 Å². The van der Waals surface area contributed by atoms with E-state index in [1.54, 1.807) is 17.8 Å². The van der Waals surface area contributed by atoms with Gasteiger partial charge in [-0.3, -0.25) is 9.78 Å². The van der Waals surface area contributed by atoms with E-state index in [1.807, 2.05) is 55.5 Å². The van der Waals surface area contributed by atoms with Gasteiger partial charge in [-0.25, -0.2) is 0 Å². The third kappa shape index (κ3) is 2.42. The maximum absolute atomic E-state index is 12.9. The zero-order valence-electron chi connectivity index (χ0n) is 14.7. The van der Waals surface area contributed by atoms with Crippen LogP contribution in [0.4, 0.5) is 0 Å². The molecule has 4 nitrogen and oxygen atoms in total. The van der Waals surface area contributed by atoms with Crippen molar-refractivity contribution in [3.63, 3.8) is 0 Å². The number of aldehydes is 1. The number of hydrogen-bond acceptors (Lipinski definition) is 3. The highest BCUT2D eigenvalue weighted by molar-refractivity contribution is 6.05. The van der Waals surface area contributed by atoms with Gasteiger partial charge in [0.2, 0.25) is 0 Å². The summed E-state index contributed by atoms with van der Waals surface area (Å²) in [5, 5.41) is 2.54. The van der Waals surface area contributed by atoms with E-state index in [4.69, 9.17) is 0 Å². The molecule has 0 N–H and O–H groups in total. The summed E-state index contributed by atoms with van der Waals surface area (Å²) in [7, 11) is 1.73. The number of rotatable bonds is 3. The number of hydrogen-bond donors (Lipinski definition) is 0. The lowest BCUT2D eigenvalue weighted by molar-refractivity contribution is -0.107. The van der Waals surface area contributed by atoms with E-state index in [2.05, 4.69) is 4.98 Å². The summed E-state index contributed by atoms with van der Waals surface area (Å²) in [6, 6.07) is 15.8. The molecule has 0 aliphatic rings. The third-order valence-electron chi connectivity index (χ3n) is 4.85. The molecule has 4 heteroatoms. The van der Waals surface area contributed by atoms with Crippen LogP contribution in [-0.4, -0.2) is 15.8 Å². The molecule has 2 aromatic carbocycles. The predicted molar refractivity (Wildman–Crippen MR) is 104 cm³/mol. The summed E-state index contributed by atoms with van der Waals surface area (Å²) in [4.78, 5) is 28.8. The zero-order chi connectivity index (χ0) is 18.3. The summed E-state index contributed by atoms with van der Waals surface area (Å²) in [5.41, 5.74) is 4.35. The first-order chi connectivity index (χ1) is 12.6. The van der Waals surface area contributed by atoms with Gasteiger partial charge in [-0.15, -0.1) is 0 Å². The first-order valence-corrected chi connectivity index (χ1v) is 8.52. The van der Waals surface area contributed by atoms with E-state index < -0.39 is 0 Å². The molecule has 0 atom stereocenters. The molecule has 2 heterocycles. The maximum Gasteiger partial charge on any atom is 0.258 e. The fraction of sp³-hybridized carbons (Fsp3) is 0.136. The number of benzene rings is 2. The van der Waals surface area contributed by atoms with E-state index in [9.17, 15) is 9.59 Å². The Hall–Kier alpha value is -3.27. The van der Waals surface area contributed by atoms with Crippen LogP contribution in [0.3, 0.4) is 0 Å². The van der Waals surface area contributed by atoms with E-state index >= 15 is 0 Å². The molecule has 0 aliphatic heterocycles. The molecular formula is C22H18N2O2. The summed E-state index contributed by atoms with van der Waals surface area (Å²) < 4.78 is 1.59. The largest absolute Gasteiger partial charge is 0.314 e. The normalized spacial score (nSPS) is 11.2. The van der Waals surface area contributed by atoms with Gasteiger partial charge >= 0.3 is 0 Å². The molecule has 2 aromatic heterocycles. The number of carbonyl (C=O) groups is 1. The Bertz CT molecular complexity index is 1220. The van der Waals surface area contributed by atoms with Gasteiger partial charge in [-0.05, 0) is 24.4 Å². The minimum atomic E-state index is -0.0857. The molecule has 26 heavy (non-hydrogen) atoms. The quantitative estimate of drug-likeness (QED) is 0.532. The van der Waals surface area contributed by atoms with Crippen molar-refractivity contribution in [3.8, 4) is 11.1 Å². The molecule has 0 bridgehead atoms. The number of pyridine rings is 2. The van der Waals surface area contributed by atoms with Crippen molar-refractivity contribution in [2.24, 2.45) is 7.05 Å². The van der Waals surface area contributed by atoms with E-state index in [-0.39, 0.29) is 12.0 Å². The lowest BCUT2D eigenvalue weighted by Crippen LogP contribution is -2.22. The van der Waals surface area contributed by atoms with Gasteiger partial charge in [0.25, 0.3) is 5.56 Å². The SMILES string of the molecule is Cc1ccc2c(-c3cccc4cccnc34)c(CC=O)n(C)c(=O)c2c1. The maximum atomic E-state index is 12.9. The second kappa shape index (κ2) is 6.23.